The maximum Gasteiger partial charge on any atom is 0.246 e. The first-order chi connectivity index (χ1) is 9.08. The number of amides is 2. The smallest absolute Gasteiger partial charge is 0.246 e. The van der Waals surface area contributed by atoms with Gasteiger partial charge in [0.1, 0.15) is 0 Å². The molecule has 19 heavy (non-hydrogen) atoms. The van der Waals surface area contributed by atoms with Gasteiger partial charge in [-0.05, 0) is 37.3 Å². The minimum absolute atomic E-state index is 0.0492. The summed E-state index contributed by atoms with van der Waals surface area (Å²) in [4.78, 5) is 26.2. The van der Waals surface area contributed by atoms with Crippen LogP contribution in [0.1, 0.15) is 24.6 Å². The van der Waals surface area contributed by atoms with Crippen LogP contribution in [0.25, 0.3) is 6.08 Å². The first kappa shape index (κ1) is 13.8. The van der Waals surface area contributed by atoms with Gasteiger partial charge in [-0.3, -0.25) is 9.59 Å². The summed E-state index contributed by atoms with van der Waals surface area (Å²) in [6.07, 6.45) is 4.99. The van der Waals surface area contributed by atoms with E-state index >= 15 is 0 Å². The van der Waals surface area contributed by atoms with Gasteiger partial charge in [-0.25, -0.2) is 0 Å². The van der Waals surface area contributed by atoms with Crippen LogP contribution < -0.4 is 5.73 Å². The number of hydrogen-bond acceptors (Lipinski definition) is 3. The molecule has 0 aromatic carbocycles. The Balaban J connectivity index is 2.02. The zero-order valence-electron chi connectivity index (χ0n) is 10.9. The molecule has 0 aliphatic carbocycles. The summed E-state index contributed by atoms with van der Waals surface area (Å²) in [6, 6.07) is 4.07. The summed E-state index contributed by atoms with van der Waals surface area (Å²) < 4.78 is 0. The Morgan fingerprint density at radius 1 is 1.47 bits per heavy atom. The second kappa shape index (κ2) is 6.02. The zero-order chi connectivity index (χ0) is 13.8. The molecule has 0 spiro atoms. The number of rotatable bonds is 3. The molecule has 4 nitrogen and oxygen atoms in total. The van der Waals surface area contributed by atoms with Gasteiger partial charge in [-0.1, -0.05) is 6.07 Å². The van der Waals surface area contributed by atoms with E-state index in [4.69, 9.17) is 5.73 Å². The molecule has 1 fully saturated rings. The van der Waals surface area contributed by atoms with Gasteiger partial charge in [0.2, 0.25) is 11.8 Å². The van der Waals surface area contributed by atoms with Gasteiger partial charge < -0.3 is 10.6 Å². The average Bonchev–Trinajstić information content (AvgIpc) is 2.89. The zero-order valence-corrected chi connectivity index (χ0v) is 11.7. The molecule has 102 valence electrons. The number of likely N-dealkylation sites (tertiary alicyclic amines) is 1. The fraction of sp³-hybridized carbons (Fsp3) is 0.429. The van der Waals surface area contributed by atoms with E-state index in [9.17, 15) is 9.59 Å². The van der Waals surface area contributed by atoms with Crippen LogP contribution in [0.3, 0.4) is 0 Å². The highest BCUT2D eigenvalue weighted by molar-refractivity contribution is 7.10. The van der Waals surface area contributed by atoms with Crippen LogP contribution in [0.5, 0.6) is 0 Å². The highest BCUT2D eigenvalue weighted by Gasteiger charge is 2.30. The minimum atomic E-state index is -0.313. The van der Waals surface area contributed by atoms with Crippen molar-refractivity contribution in [2.75, 3.05) is 6.54 Å². The third kappa shape index (κ3) is 3.44. The van der Waals surface area contributed by atoms with Crippen LogP contribution in [0.4, 0.5) is 0 Å². The number of thiophene rings is 1. The van der Waals surface area contributed by atoms with E-state index in [0.717, 1.165) is 17.7 Å². The summed E-state index contributed by atoms with van der Waals surface area (Å²) in [7, 11) is 0. The molecule has 0 saturated carbocycles. The number of nitrogens with two attached hydrogens (primary N) is 1. The molecule has 2 rings (SSSR count). The van der Waals surface area contributed by atoms with Crippen molar-refractivity contribution < 1.29 is 9.59 Å². The van der Waals surface area contributed by atoms with E-state index in [2.05, 4.69) is 0 Å². The predicted octanol–water partition coefficient (Wildman–Crippen LogP) is 1.87. The van der Waals surface area contributed by atoms with Crippen LogP contribution in [0.2, 0.25) is 0 Å². The molecule has 5 heteroatoms. The Hall–Kier alpha value is -1.62. The number of primary amides is 1. The fourth-order valence-corrected chi connectivity index (χ4v) is 2.90. The van der Waals surface area contributed by atoms with E-state index in [0.29, 0.717) is 6.54 Å². The predicted molar refractivity (Wildman–Crippen MR) is 76.4 cm³/mol. The Labute approximate surface area is 116 Å². The van der Waals surface area contributed by atoms with Crippen molar-refractivity contribution in [2.45, 2.75) is 25.8 Å². The Morgan fingerprint density at radius 2 is 2.26 bits per heavy atom. The lowest BCUT2D eigenvalue weighted by Crippen LogP contribution is -2.48. The summed E-state index contributed by atoms with van der Waals surface area (Å²) in [5, 5.41) is 1.97. The number of hydrogen-bond donors (Lipinski definition) is 1. The number of piperidine rings is 1. The normalized spacial score (nSPS) is 23.7. The lowest BCUT2D eigenvalue weighted by atomic mass is 9.93. The number of carbonyl (C=O) groups is 2. The van der Waals surface area contributed by atoms with E-state index in [-0.39, 0.29) is 23.8 Å². The van der Waals surface area contributed by atoms with E-state index in [1.165, 1.54) is 0 Å². The summed E-state index contributed by atoms with van der Waals surface area (Å²) in [5.41, 5.74) is 5.33. The maximum absolute atomic E-state index is 12.2. The van der Waals surface area contributed by atoms with Crippen molar-refractivity contribution in [2.24, 2.45) is 11.7 Å². The quantitative estimate of drug-likeness (QED) is 0.858. The van der Waals surface area contributed by atoms with Crippen molar-refractivity contribution in [1.29, 1.82) is 0 Å². The average molecular weight is 278 g/mol. The molecule has 2 amide bonds. The Kier molecular flexibility index (Phi) is 4.37. The molecule has 0 bridgehead atoms. The SMILES string of the molecule is CC1CCC(C(N)=O)CN1C(=O)C=Cc1cccs1. The van der Waals surface area contributed by atoms with Gasteiger partial charge in [0, 0.05) is 23.5 Å². The molecule has 2 atom stereocenters. The fourth-order valence-electron chi connectivity index (χ4n) is 2.28. The second-order valence-corrected chi connectivity index (χ2v) is 5.84. The van der Waals surface area contributed by atoms with Gasteiger partial charge in [-0.2, -0.15) is 0 Å². The molecule has 1 aromatic rings. The van der Waals surface area contributed by atoms with E-state index in [1.54, 1.807) is 22.3 Å². The van der Waals surface area contributed by atoms with Gasteiger partial charge in [0.05, 0.1) is 5.92 Å². The van der Waals surface area contributed by atoms with Crippen molar-refractivity contribution in [1.82, 2.24) is 4.90 Å². The molecule has 1 aliphatic rings. The highest BCUT2D eigenvalue weighted by atomic mass is 32.1. The summed E-state index contributed by atoms with van der Waals surface area (Å²) >= 11 is 1.59. The first-order valence-corrected chi connectivity index (χ1v) is 7.27. The van der Waals surface area contributed by atoms with Crippen LogP contribution in [0.15, 0.2) is 23.6 Å². The molecular formula is C14H18N2O2S. The van der Waals surface area contributed by atoms with Crippen molar-refractivity contribution in [3.63, 3.8) is 0 Å². The summed E-state index contributed by atoms with van der Waals surface area (Å²) in [5.74, 6) is -0.575. The Morgan fingerprint density at radius 3 is 2.89 bits per heavy atom. The third-order valence-electron chi connectivity index (χ3n) is 3.50. The van der Waals surface area contributed by atoms with Gasteiger partial charge in [0.25, 0.3) is 0 Å². The van der Waals surface area contributed by atoms with Crippen molar-refractivity contribution >= 4 is 29.2 Å². The molecule has 2 N–H and O–H groups in total. The Bertz CT molecular complexity index is 482. The number of carbonyl (C=O) groups excluding carboxylic acids is 2. The maximum atomic E-state index is 12.2. The van der Waals surface area contributed by atoms with Crippen LogP contribution in [-0.4, -0.2) is 29.3 Å². The summed E-state index contributed by atoms with van der Waals surface area (Å²) in [6.45, 7) is 2.44. The number of nitrogens with zero attached hydrogens (tertiary/aromatic N) is 1. The largest absolute Gasteiger partial charge is 0.369 e. The molecular weight excluding hydrogens is 260 g/mol. The van der Waals surface area contributed by atoms with Gasteiger partial charge in [0.15, 0.2) is 0 Å². The lowest BCUT2D eigenvalue weighted by Gasteiger charge is -2.36. The molecule has 1 saturated heterocycles. The molecule has 0 radical (unpaired) electrons. The lowest BCUT2D eigenvalue weighted by molar-refractivity contribution is -0.133. The van der Waals surface area contributed by atoms with Gasteiger partial charge >= 0.3 is 0 Å². The monoisotopic (exact) mass is 278 g/mol. The molecule has 1 aliphatic heterocycles. The second-order valence-electron chi connectivity index (χ2n) is 4.87. The molecule has 1 aromatic heterocycles. The van der Waals surface area contributed by atoms with Crippen molar-refractivity contribution in [3.8, 4) is 0 Å². The molecule has 2 heterocycles. The third-order valence-corrected chi connectivity index (χ3v) is 4.34. The minimum Gasteiger partial charge on any atom is -0.369 e. The van der Waals surface area contributed by atoms with E-state index < -0.39 is 0 Å². The van der Waals surface area contributed by atoms with Crippen molar-refractivity contribution in [3.05, 3.63) is 28.5 Å². The van der Waals surface area contributed by atoms with Crippen LogP contribution in [0, 0.1) is 5.92 Å². The molecule has 2 unspecified atom stereocenters. The van der Waals surface area contributed by atoms with E-state index in [1.807, 2.05) is 30.5 Å². The standard InChI is InChI=1S/C14H18N2O2S/c1-10-4-5-11(14(15)18)9-16(10)13(17)7-6-12-3-2-8-19-12/h2-3,6-8,10-11H,4-5,9H2,1H3,(H2,15,18). The topological polar surface area (TPSA) is 63.4 Å². The van der Waals surface area contributed by atoms with Gasteiger partial charge in [-0.15, -0.1) is 11.3 Å². The highest BCUT2D eigenvalue weighted by Crippen LogP contribution is 2.22. The first-order valence-electron chi connectivity index (χ1n) is 6.39. The van der Waals surface area contributed by atoms with Crippen LogP contribution in [-0.2, 0) is 9.59 Å². The van der Waals surface area contributed by atoms with Crippen LogP contribution >= 0.6 is 11.3 Å².